The SMILES string of the molecule is CN=C(NCCC1=CCOCC1)N1CCN(c2cc(Cl)ccc2C)CC1.I. The quantitative estimate of drug-likeness (QED) is 0.294. The van der Waals surface area contributed by atoms with Crippen molar-refractivity contribution in [3.05, 3.63) is 40.4 Å². The van der Waals surface area contributed by atoms with Gasteiger partial charge < -0.3 is 19.9 Å². The molecule has 7 heteroatoms. The van der Waals surface area contributed by atoms with Crippen LogP contribution >= 0.6 is 35.6 Å². The normalized spacial score (nSPS) is 18.0. The van der Waals surface area contributed by atoms with Crippen LogP contribution < -0.4 is 10.2 Å². The first-order valence-corrected chi connectivity index (χ1v) is 9.77. The molecule has 0 unspecified atom stereocenters. The Morgan fingerprint density at radius 3 is 2.70 bits per heavy atom. The minimum Gasteiger partial charge on any atom is -0.377 e. The van der Waals surface area contributed by atoms with Crippen LogP contribution in [0.25, 0.3) is 0 Å². The third-order valence-corrected chi connectivity index (χ3v) is 5.32. The largest absolute Gasteiger partial charge is 0.377 e. The lowest BCUT2D eigenvalue weighted by atomic mass is 10.1. The molecule has 1 N–H and O–H groups in total. The highest BCUT2D eigenvalue weighted by Gasteiger charge is 2.21. The van der Waals surface area contributed by atoms with Gasteiger partial charge in [-0.05, 0) is 37.5 Å². The lowest BCUT2D eigenvalue weighted by molar-refractivity contribution is 0.153. The predicted molar refractivity (Wildman–Crippen MR) is 125 cm³/mol. The van der Waals surface area contributed by atoms with Crippen LogP contribution in [0, 0.1) is 6.92 Å². The van der Waals surface area contributed by atoms with Crippen LogP contribution in [0.3, 0.4) is 0 Å². The van der Waals surface area contributed by atoms with Crippen LogP contribution in [0.2, 0.25) is 5.02 Å². The fourth-order valence-corrected chi connectivity index (χ4v) is 3.71. The summed E-state index contributed by atoms with van der Waals surface area (Å²) in [4.78, 5) is 9.23. The summed E-state index contributed by atoms with van der Waals surface area (Å²) in [5.41, 5.74) is 4.00. The molecule has 0 bridgehead atoms. The van der Waals surface area contributed by atoms with Crippen molar-refractivity contribution >= 4 is 47.2 Å². The molecule has 2 heterocycles. The average molecular weight is 505 g/mol. The average Bonchev–Trinajstić information content (AvgIpc) is 2.68. The van der Waals surface area contributed by atoms with E-state index in [1.807, 2.05) is 13.1 Å². The number of halogens is 2. The van der Waals surface area contributed by atoms with E-state index in [0.29, 0.717) is 0 Å². The molecule has 27 heavy (non-hydrogen) atoms. The van der Waals surface area contributed by atoms with E-state index in [1.54, 1.807) is 0 Å². The number of ether oxygens (including phenoxy) is 1. The molecule has 1 aromatic carbocycles. The van der Waals surface area contributed by atoms with Gasteiger partial charge in [0.25, 0.3) is 0 Å². The van der Waals surface area contributed by atoms with Gasteiger partial charge >= 0.3 is 0 Å². The van der Waals surface area contributed by atoms with E-state index in [1.165, 1.54) is 16.8 Å². The zero-order chi connectivity index (χ0) is 18.4. The number of guanidine groups is 1. The lowest BCUT2D eigenvalue weighted by Gasteiger charge is -2.38. The molecule has 0 aromatic heterocycles. The Hall–Kier alpha value is -0.990. The van der Waals surface area contributed by atoms with Gasteiger partial charge in [-0.15, -0.1) is 24.0 Å². The molecular formula is C20H30ClIN4O. The van der Waals surface area contributed by atoms with Crippen LogP contribution in [-0.2, 0) is 4.74 Å². The zero-order valence-corrected chi connectivity index (χ0v) is 19.3. The van der Waals surface area contributed by atoms with Crippen LogP contribution in [0.5, 0.6) is 0 Å². The molecule has 5 nitrogen and oxygen atoms in total. The summed E-state index contributed by atoms with van der Waals surface area (Å²) in [5.74, 6) is 1.00. The minimum atomic E-state index is 0. The standard InChI is InChI=1S/C20H29ClN4O.HI/c1-16-3-4-18(21)15-19(16)24-9-11-25(12-10-24)20(22-2)23-8-5-17-6-13-26-14-7-17;/h3-4,6,15H,5,7-14H2,1-2H3,(H,22,23);1H. The van der Waals surface area contributed by atoms with Crippen LogP contribution in [0.4, 0.5) is 5.69 Å². The molecule has 0 aliphatic carbocycles. The van der Waals surface area contributed by atoms with E-state index in [4.69, 9.17) is 16.3 Å². The lowest BCUT2D eigenvalue weighted by Crippen LogP contribution is -2.52. The topological polar surface area (TPSA) is 40.1 Å². The summed E-state index contributed by atoms with van der Waals surface area (Å²) in [7, 11) is 1.86. The maximum atomic E-state index is 6.18. The van der Waals surface area contributed by atoms with Crippen LogP contribution in [0.15, 0.2) is 34.8 Å². The number of aryl methyl sites for hydroxylation is 1. The van der Waals surface area contributed by atoms with Crippen molar-refractivity contribution in [1.82, 2.24) is 10.2 Å². The highest BCUT2D eigenvalue weighted by molar-refractivity contribution is 14.0. The fourth-order valence-electron chi connectivity index (χ4n) is 3.54. The van der Waals surface area contributed by atoms with Crippen molar-refractivity contribution in [3.8, 4) is 0 Å². The highest BCUT2D eigenvalue weighted by Crippen LogP contribution is 2.25. The maximum absolute atomic E-state index is 6.18. The number of benzene rings is 1. The number of rotatable bonds is 4. The monoisotopic (exact) mass is 504 g/mol. The van der Waals surface area contributed by atoms with Crippen molar-refractivity contribution in [2.75, 3.05) is 57.9 Å². The van der Waals surface area contributed by atoms with Gasteiger partial charge in [0, 0.05) is 50.5 Å². The number of aliphatic imine (C=N–C) groups is 1. The second kappa shape index (κ2) is 11.1. The first-order chi connectivity index (χ1) is 12.7. The molecule has 1 fully saturated rings. The van der Waals surface area contributed by atoms with Crippen molar-refractivity contribution in [3.63, 3.8) is 0 Å². The van der Waals surface area contributed by atoms with Crippen molar-refractivity contribution in [2.45, 2.75) is 19.8 Å². The number of piperazine rings is 1. The number of nitrogens with one attached hydrogen (secondary N) is 1. The summed E-state index contributed by atoms with van der Waals surface area (Å²) in [6.45, 7) is 8.55. The highest BCUT2D eigenvalue weighted by atomic mass is 127. The summed E-state index contributed by atoms with van der Waals surface area (Å²) < 4.78 is 5.36. The Labute approximate surface area is 184 Å². The summed E-state index contributed by atoms with van der Waals surface area (Å²) in [6.07, 6.45) is 4.32. The van der Waals surface area contributed by atoms with Crippen LogP contribution in [0.1, 0.15) is 18.4 Å². The molecule has 1 saturated heterocycles. The third-order valence-electron chi connectivity index (χ3n) is 5.09. The first-order valence-electron chi connectivity index (χ1n) is 9.39. The smallest absolute Gasteiger partial charge is 0.193 e. The molecule has 0 saturated carbocycles. The predicted octanol–water partition coefficient (Wildman–Crippen LogP) is 3.70. The van der Waals surface area contributed by atoms with Gasteiger partial charge in [-0.1, -0.05) is 29.3 Å². The first kappa shape index (κ1) is 22.3. The Balaban J connectivity index is 0.00000261. The van der Waals surface area contributed by atoms with Crippen molar-refractivity contribution < 1.29 is 4.74 Å². The minimum absolute atomic E-state index is 0. The molecule has 0 spiro atoms. The van der Waals surface area contributed by atoms with E-state index in [-0.39, 0.29) is 24.0 Å². The van der Waals surface area contributed by atoms with Gasteiger partial charge in [-0.2, -0.15) is 0 Å². The summed E-state index contributed by atoms with van der Waals surface area (Å²) in [6, 6.07) is 6.12. The summed E-state index contributed by atoms with van der Waals surface area (Å²) >= 11 is 6.18. The second-order valence-corrected chi connectivity index (χ2v) is 7.25. The summed E-state index contributed by atoms with van der Waals surface area (Å²) in [5, 5.41) is 4.32. The van der Waals surface area contributed by atoms with Gasteiger partial charge in [0.2, 0.25) is 0 Å². The van der Waals surface area contributed by atoms with Crippen molar-refractivity contribution in [1.29, 1.82) is 0 Å². The van der Waals surface area contributed by atoms with Gasteiger partial charge in [-0.3, -0.25) is 4.99 Å². The van der Waals surface area contributed by atoms with E-state index in [2.05, 4.69) is 45.2 Å². The molecule has 1 aromatic rings. The Kier molecular flexibility index (Phi) is 9.18. The van der Waals surface area contributed by atoms with E-state index in [9.17, 15) is 0 Å². The Morgan fingerprint density at radius 1 is 1.26 bits per heavy atom. The molecular weight excluding hydrogens is 475 g/mol. The van der Waals surface area contributed by atoms with Crippen LogP contribution in [-0.4, -0.2) is 63.8 Å². The molecule has 2 aliphatic heterocycles. The number of hydrogen-bond acceptors (Lipinski definition) is 3. The molecule has 150 valence electrons. The molecule has 0 amide bonds. The van der Waals surface area contributed by atoms with E-state index in [0.717, 1.165) is 69.8 Å². The third kappa shape index (κ3) is 6.26. The number of anilines is 1. The van der Waals surface area contributed by atoms with E-state index >= 15 is 0 Å². The Morgan fingerprint density at radius 2 is 2.04 bits per heavy atom. The molecule has 2 aliphatic rings. The molecule has 0 atom stereocenters. The van der Waals surface area contributed by atoms with Gasteiger partial charge in [-0.25, -0.2) is 0 Å². The van der Waals surface area contributed by atoms with Gasteiger partial charge in [0.05, 0.1) is 13.2 Å². The van der Waals surface area contributed by atoms with Gasteiger partial charge in [0.1, 0.15) is 0 Å². The maximum Gasteiger partial charge on any atom is 0.193 e. The van der Waals surface area contributed by atoms with Gasteiger partial charge in [0.15, 0.2) is 5.96 Å². The van der Waals surface area contributed by atoms with Crippen molar-refractivity contribution in [2.24, 2.45) is 4.99 Å². The van der Waals surface area contributed by atoms with E-state index < -0.39 is 0 Å². The number of nitrogens with zero attached hydrogens (tertiary/aromatic N) is 3. The zero-order valence-electron chi connectivity index (χ0n) is 16.2. The number of hydrogen-bond donors (Lipinski definition) is 1. The molecule has 3 rings (SSSR count). The fraction of sp³-hybridized carbons (Fsp3) is 0.550. The molecule has 0 radical (unpaired) electrons. The Bertz CT molecular complexity index is 672. The second-order valence-electron chi connectivity index (χ2n) is 6.82.